The molecule has 0 saturated carbocycles. The third-order valence-corrected chi connectivity index (χ3v) is 5.07. The molecule has 0 aliphatic heterocycles. The van der Waals surface area contributed by atoms with Crippen molar-refractivity contribution in [2.45, 2.75) is 19.1 Å². The van der Waals surface area contributed by atoms with Crippen molar-refractivity contribution in [1.82, 2.24) is 29.5 Å². The van der Waals surface area contributed by atoms with Crippen LogP contribution in [0.1, 0.15) is 22.6 Å². The molecule has 34 heavy (non-hydrogen) atoms. The van der Waals surface area contributed by atoms with Gasteiger partial charge in [0, 0.05) is 37.1 Å². The SMILES string of the molecule is COc1ccc(-c2cc(C(F)(F)F)n3nc(C(=O)NCCCn4ccnc4)cc3n2)cc1OC. The number of aryl methyl sites for hydroxylation is 1. The van der Waals surface area contributed by atoms with E-state index in [0.717, 1.165) is 6.07 Å². The van der Waals surface area contributed by atoms with Crippen molar-refractivity contribution in [3.8, 4) is 22.8 Å². The van der Waals surface area contributed by atoms with Gasteiger partial charge in [0.25, 0.3) is 5.91 Å². The van der Waals surface area contributed by atoms with Gasteiger partial charge in [-0.3, -0.25) is 4.79 Å². The minimum absolute atomic E-state index is 0.0490. The van der Waals surface area contributed by atoms with Crippen LogP contribution in [0.2, 0.25) is 0 Å². The Kier molecular flexibility index (Phi) is 6.39. The van der Waals surface area contributed by atoms with Crippen LogP contribution in [0.5, 0.6) is 11.5 Å². The van der Waals surface area contributed by atoms with Gasteiger partial charge >= 0.3 is 6.18 Å². The van der Waals surface area contributed by atoms with Gasteiger partial charge in [-0.1, -0.05) is 0 Å². The Balaban J connectivity index is 1.62. The molecule has 0 aliphatic carbocycles. The van der Waals surface area contributed by atoms with E-state index in [1.807, 2.05) is 4.57 Å². The molecular weight excluding hydrogens is 453 g/mol. The number of rotatable bonds is 8. The van der Waals surface area contributed by atoms with Crippen molar-refractivity contribution >= 4 is 11.6 Å². The summed E-state index contributed by atoms with van der Waals surface area (Å²) in [5.41, 5.74) is -0.889. The van der Waals surface area contributed by atoms with E-state index < -0.39 is 17.8 Å². The lowest BCUT2D eigenvalue weighted by Crippen LogP contribution is -2.25. The normalized spacial score (nSPS) is 11.6. The van der Waals surface area contributed by atoms with Crippen molar-refractivity contribution in [1.29, 1.82) is 0 Å². The molecule has 0 saturated heterocycles. The number of imidazole rings is 1. The van der Waals surface area contributed by atoms with Crippen LogP contribution in [0, 0.1) is 0 Å². The zero-order valence-electron chi connectivity index (χ0n) is 18.3. The van der Waals surface area contributed by atoms with Crippen molar-refractivity contribution in [3.63, 3.8) is 0 Å². The lowest BCUT2D eigenvalue weighted by Gasteiger charge is -2.12. The van der Waals surface area contributed by atoms with Crippen molar-refractivity contribution in [2.75, 3.05) is 20.8 Å². The second-order valence-electron chi connectivity index (χ2n) is 7.30. The summed E-state index contributed by atoms with van der Waals surface area (Å²) in [5, 5.41) is 6.53. The van der Waals surface area contributed by atoms with E-state index in [2.05, 4.69) is 20.4 Å². The molecule has 1 amide bonds. The number of carbonyl (C=O) groups is 1. The van der Waals surface area contributed by atoms with Crippen LogP contribution < -0.4 is 14.8 Å². The number of hydrogen-bond donors (Lipinski definition) is 1. The summed E-state index contributed by atoms with van der Waals surface area (Å²) in [6.07, 6.45) is 0.993. The Bertz CT molecular complexity index is 1300. The highest BCUT2D eigenvalue weighted by molar-refractivity contribution is 5.93. The molecule has 0 radical (unpaired) electrons. The summed E-state index contributed by atoms with van der Waals surface area (Å²) in [6.45, 7) is 0.960. The third-order valence-electron chi connectivity index (χ3n) is 5.07. The third kappa shape index (κ3) is 4.80. The minimum atomic E-state index is -4.73. The van der Waals surface area contributed by atoms with E-state index in [9.17, 15) is 18.0 Å². The predicted molar refractivity (Wildman–Crippen MR) is 116 cm³/mol. The highest BCUT2D eigenvalue weighted by Crippen LogP contribution is 2.35. The maximum absolute atomic E-state index is 13.8. The van der Waals surface area contributed by atoms with E-state index in [1.165, 1.54) is 26.4 Å². The largest absolute Gasteiger partial charge is 0.493 e. The van der Waals surface area contributed by atoms with Gasteiger partial charge < -0.3 is 19.4 Å². The number of nitrogens with one attached hydrogen (secondary N) is 1. The molecular formula is C22H21F3N6O3. The molecule has 4 aromatic rings. The molecule has 9 nitrogen and oxygen atoms in total. The summed E-state index contributed by atoms with van der Waals surface area (Å²) >= 11 is 0. The van der Waals surface area contributed by atoms with Gasteiger partial charge in [-0.05, 0) is 30.7 Å². The Labute approximate surface area is 192 Å². The first kappa shape index (κ1) is 23.1. The number of methoxy groups -OCH3 is 2. The summed E-state index contributed by atoms with van der Waals surface area (Å²) in [4.78, 5) is 20.7. The average molecular weight is 474 g/mol. The number of aromatic nitrogens is 5. The standard InChI is InChI=1S/C22H21F3N6O3/c1-33-17-5-4-14(10-18(17)34-2)15-11-19(22(23,24)25)31-20(28-15)12-16(29-31)21(32)27-6-3-8-30-9-7-26-13-30/h4-5,7,9-13H,3,6,8H2,1-2H3,(H,27,32). The van der Waals surface area contributed by atoms with E-state index in [1.54, 1.807) is 30.9 Å². The number of amides is 1. The first-order valence-electron chi connectivity index (χ1n) is 10.2. The van der Waals surface area contributed by atoms with Crippen molar-refractivity contribution in [2.24, 2.45) is 0 Å². The zero-order valence-corrected chi connectivity index (χ0v) is 18.3. The van der Waals surface area contributed by atoms with Crippen LogP contribution in [0.4, 0.5) is 13.2 Å². The second kappa shape index (κ2) is 9.41. The van der Waals surface area contributed by atoms with Crippen LogP contribution in [-0.2, 0) is 12.7 Å². The molecule has 3 aromatic heterocycles. The topological polar surface area (TPSA) is 95.6 Å². The number of ether oxygens (including phenoxy) is 2. The van der Waals surface area contributed by atoms with E-state index >= 15 is 0 Å². The lowest BCUT2D eigenvalue weighted by molar-refractivity contribution is -0.142. The zero-order chi connectivity index (χ0) is 24.3. The fourth-order valence-corrected chi connectivity index (χ4v) is 3.40. The summed E-state index contributed by atoms with van der Waals surface area (Å²) in [6, 6.07) is 6.79. The maximum Gasteiger partial charge on any atom is 0.433 e. The first-order chi connectivity index (χ1) is 16.3. The highest BCUT2D eigenvalue weighted by Gasteiger charge is 2.35. The van der Waals surface area contributed by atoms with E-state index in [-0.39, 0.29) is 17.0 Å². The van der Waals surface area contributed by atoms with Crippen molar-refractivity contribution in [3.05, 3.63) is 60.4 Å². The molecule has 1 aromatic carbocycles. The monoisotopic (exact) mass is 474 g/mol. The summed E-state index contributed by atoms with van der Waals surface area (Å²) in [7, 11) is 2.89. The van der Waals surface area contributed by atoms with Crippen LogP contribution in [0.3, 0.4) is 0 Å². The quantitative estimate of drug-likeness (QED) is 0.393. The number of nitrogens with zero attached hydrogens (tertiary/aromatic N) is 5. The molecule has 178 valence electrons. The Morgan fingerprint density at radius 2 is 1.91 bits per heavy atom. The number of fused-ring (bicyclic) bond motifs is 1. The van der Waals surface area contributed by atoms with Gasteiger partial charge in [-0.15, -0.1) is 0 Å². The number of benzene rings is 1. The van der Waals surface area contributed by atoms with Gasteiger partial charge in [-0.25, -0.2) is 14.5 Å². The van der Waals surface area contributed by atoms with Crippen LogP contribution >= 0.6 is 0 Å². The molecule has 0 bridgehead atoms. The molecule has 4 rings (SSSR count). The molecule has 0 aliphatic rings. The van der Waals surface area contributed by atoms with E-state index in [0.29, 0.717) is 41.1 Å². The molecule has 0 fully saturated rings. The van der Waals surface area contributed by atoms with Crippen molar-refractivity contribution < 1.29 is 27.4 Å². The summed E-state index contributed by atoms with van der Waals surface area (Å²) < 4.78 is 54.4. The van der Waals surface area contributed by atoms with Crippen LogP contribution in [-0.4, -0.2) is 50.8 Å². The van der Waals surface area contributed by atoms with Gasteiger partial charge in [0.2, 0.25) is 0 Å². The molecule has 0 unspecified atom stereocenters. The lowest BCUT2D eigenvalue weighted by atomic mass is 10.1. The highest BCUT2D eigenvalue weighted by atomic mass is 19.4. The Hall–Kier alpha value is -4.09. The first-order valence-corrected chi connectivity index (χ1v) is 10.2. The number of hydrogen-bond acceptors (Lipinski definition) is 6. The van der Waals surface area contributed by atoms with Gasteiger partial charge in [0.15, 0.2) is 28.5 Å². The Morgan fingerprint density at radius 1 is 1.12 bits per heavy atom. The number of halogens is 3. The van der Waals surface area contributed by atoms with Gasteiger partial charge in [-0.2, -0.15) is 18.3 Å². The van der Waals surface area contributed by atoms with Crippen LogP contribution in [0.15, 0.2) is 49.1 Å². The maximum atomic E-state index is 13.8. The molecule has 3 heterocycles. The van der Waals surface area contributed by atoms with Gasteiger partial charge in [0.05, 0.1) is 26.2 Å². The van der Waals surface area contributed by atoms with Gasteiger partial charge in [0.1, 0.15) is 0 Å². The Morgan fingerprint density at radius 3 is 2.59 bits per heavy atom. The summed E-state index contributed by atoms with van der Waals surface area (Å²) in [5.74, 6) is 0.191. The minimum Gasteiger partial charge on any atom is -0.493 e. The smallest absolute Gasteiger partial charge is 0.433 e. The second-order valence-corrected chi connectivity index (χ2v) is 7.30. The molecule has 0 atom stereocenters. The molecule has 12 heteroatoms. The predicted octanol–water partition coefficient (Wildman–Crippen LogP) is 3.45. The fraction of sp³-hybridized carbons (Fsp3) is 0.273. The van der Waals surface area contributed by atoms with Crippen LogP contribution in [0.25, 0.3) is 16.9 Å². The molecule has 1 N–H and O–H groups in total. The number of carbonyl (C=O) groups excluding carboxylic acids is 1. The fourth-order valence-electron chi connectivity index (χ4n) is 3.40. The number of alkyl halides is 3. The molecule has 0 spiro atoms. The average Bonchev–Trinajstić information content (AvgIpc) is 3.49. The van der Waals surface area contributed by atoms with E-state index in [4.69, 9.17) is 9.47 Å².